The molecule has 0 unspecified atom stereocenters. The number of rotatable bonds is 3. The number of alkyl halides is 1. The third-order valence-electron chi connectivity index (χ3n) is 2.74. The van der Waals surface area contributed by atoms with Gasteiger partial charge in [-0.3, -0.25) is 0 Å². The average Bonchev–Trinajstić information content (AvgIpc) is 2.40. The molecule has 0 saturated carbocycles. The molecule has 0 atom stereocenters. The zero-order valence-corrected chi connectivity index (χ0v) is 11.9. The van der Waals surface area contributed by atoms with E-state index in [9.17, 15) is 8.42 Å². The molecular weight excluding hydrogens is 297 g/mol. The Hall–Kier alpha value is -0.330. The molecule has 2 rings (SSSR count). The normalized spacial score (nSPS) is 17.9. The van der Waals surface area contributed by atoms with Crippen molar-refractivity contribution in [2.45, 2.75) is 10.8 Å². The second-order valence-corrected chi connectivity index (χ2v) is 6.50. The highest BCUT2D eigenvalue weighted by atomic mass is 35.5. The Bertz CT molecular complexity index is 527. The first-order valence-corrected chi connectivity index (χ1v) is 7.83. The van der Waals surface area contributed by atoms with E-state index in [1.165, 1.54) is 10.4 Å². The quantitative estimate of drug-likeness (QED) is 0.803. The summed E-state index contributed by atoms with van der Waals surface area (Å²) in [4.78, 5) is 0.115. The van der Waals surface area contributed by atoms with E-state index in [1.54, 1.807) is 12.1 Å². The molecule has 0 aliphatic carbocycles. The van der Waals surface area contributed by atoms with E-state index < -0.39 is 10.0 Å². The van der Waals surface area contributed by atoms with Crippen molar-refractivity contribution in [1.29, 1.82) is 0 Å². The Morgan fingerprint density at radius 2 is 1.94 bits per heavy atom. The molecular formula is C11H13Cl2NO3S. The molecule has 18 heavy (non-hydrogen) atoms. The molecule has 7 heteroatoms. The molecule has 0 N–H and O–H groups in total. The number of halogens is 2. The van der Waals surface area contributed by atoms with Crippen molar-refractivity contribution >= 4 is 33.2 Å². The van der Waals surface area contributed by atoms with Crippen LogP contribution >= 0.6 is 23.2 Å². The highest BCUT2D eigenvalue weighted by Crippen LogP contribution is 2.26. The molecule has 1 aliphatic rings. The van der Waals surface area contributed by atoms with Crippen LogP contribution in [0.1, 0.15) is 5.56 Å². The molecule has 0 bridgehead atoms. The first kappa shape index (κ1) is 14.1. The van der Waals surface area contributed by atoms with E-state index in [0.717, 1.165) is 5.56 Å². The van der Waals surface area contributed by atoms with Gasteiger partial charge in [0.1, 0.15) is 4.90 Å². The summed E-state index contributed by atoms with van der Waals surface area (Å²) in [6.07, 6.45) is 0. The molecule has 0 aromatic heterocycles. The molecule has 1 fully saturated rings. The van der Waals surface area contributed by atoms with Crippen LogP contribution in [-0.4, -0.2) is 39.0 Å². The van der Waals surface area contributed by atoms with Crippen molar-refractivity contribution in [2.75, 3.05) is 26.3 Å². The van der Waals surface area contributed by atoms with Crippen LogP contribution in [0.15, 0.2) is 23.1 Å². The van der Waals surface area contributed by atoms with Crippen LogP contribution in [0, 0.1) is 0 Å². The molecule has 100 valence electrons. The highest BCUT2D eigenvalue weighted by molar-refractivity contribution is 7.89. The number of ether oxygens (including phenoxy) is 1. The summed E-state index contributed by atoms with van der Waals surface area (Å²) in [7, 11) is -3.56. The molecule has 0 radical (unpaired) electrons. The molecule has 1 aromatic rings. The fourth-order valence-electron chi connectivity index (χ4n) is 1.75. The van der Waals surface area contributed by atoms with Crippen LogP contribution in [0.25, 0.3) is 0 Å². The number of sulfonamides is 1. The zero-order valence-electron chi connectivity index (χ0n) is 9.60. The summed E-state index contributed by atoms with van der Waals surface area (Å²) in [6.45, 7) is 1.52. The predicted molar refractivity (Wildman–Crippen MR) is 70.6 cm³/mol. The van der Waals surface area contributed by atoms with Gasteiger partial charge >= 0.3 is 0 Å². The van der Waals surface area contributed by atoms with E-state index in [-0.39, 0.29) is 15.8 Å². The van der Waals surface area contributed by atoms with Gasteiger partial charge in [-0.05, 0) is 17.7 Å². The van der Waals surface area contributed by atoms with E-state index in [2.05, 4.69) is 0 Å². The number of morpholine rings is 1. The van der Waals surface area contributed by atoms with Gasteiger partial charge in [-0.1, -0.05) is 17.7 Å². The lowest BCUT2D eigenvalue weighted by molar-refractivity contribution is 0.0730. The molecule has 1 aliphatic heterocycles. The van der Waals surface area contributed by atoms with E-state index in [1.807, 2.05) is 0 Å². The molecule has 0 amide bonds. The Morgan fingerprint density at radius 3 is 2.56 bits per heavy atom. The monoisotopic (exact) mass is 309 g/mol. The molecule has 4 nitrogen and oxygen atoms in total. The third-order valence-corrected chi connectivity index (χ3v) is 5.43. The minimum absolute atomic E-state index is 0.115. The van der Waals surface area contributed by atoms with Gasteiger partial charge in [0.2, 0.25) is 10.0 Å². The topological polar surface area (TPSA) is 46.6 Å². The van der Waals surface area contributed by atoms with Gasteiger partial charge in [0.25, 0.3) is 0 Å². The highest BCUT2D eigenvalue weighted by Gasteiger charge is 2.28. The maximum Gasteiger partial charge on any atom is 0.244 e. The zero-order chi connectivity index (χ0) is 13.2. The second kappa shape index (κ2) is 5.75. The Kier molecular flexibility index (Phi) is 4.50. The van der Waals surface area contributed by atoms with Gasteiger partial charge < -0.3 is 4.74 Å². The van der Waals surface area contributed by atoms with Gasteiger partial charge in [-0.25, -0.2) is 8.42 Å². The summed E-state index contributed by atoms with van der Waals surface area (Å²) < 4.78 is 31.4. The van der Waals surface area contributed by atoms with Crippen LogP contribution in [-0.2, 0) is 20.6 Å². The predicted octanol–water partition coefficient (Wildman–Crippen LogP) is 2.10. The van der Waals surface area contributed by atoms with Crippen LogP contribution < -0.4 is 0 Å². The largest absolute Gasteiger partial charge is 0.379 e. The van der Waals surface area contributed by atoms with Crippen LogP contribution in [0.4, 0.5) is 0 Å². The van der Waals surface area contributed by atoms with E-state index in [4.69, 9.17) is 27.9 Å². The van der Waals surface area contributed by atoms with Gasteiger partial charge in [-0.15, -0.1) is 11.6 Å². The molecule has 0 spiro atoms. The number of benzene rings is 1. The van der Waals surface area contributed by atoms with Crippen LogP contribution in [0.5, 0.6) is 0 Å². The first-order valence-electron chi connectivity index (χ1n) is 5.48. The maximum atomic E-state index is 12.4. The van der Waals surface area contributed by atoms with Crippen molar-refractivity contribution < 1.29 is 13.2 Å². The lowest BCUT2D eigenvalue weighted by Gasteiger charge is -2.26. The van der Waals surface area contributed by atoms with Crippen molar-refractivity contribution in [3.63, 3.8) is 0 Å². The van der Waals surface area contributed by atoms with Crippen LogP contribution in [0.2, 0.25) is 5.02 Å². The van der Waals surface area contributed by atoms with Crippen molar-refractivity contribution in [3.8, 4) is 0 Å². The lowest BCUT2D eigenvalue weighted by Crippen LogP contribution is -2.40. The number of nitrogens with zero attached hydrogens (tertiary/aromatic N) is 1. The van der Waals surface area contributed by atoms with Gasteiger partial charge in [0.05, 0.1) is 18.2 Å². The Morgan fingerprint density at radius 1 is 1.28 bits per heavy atom. The van der Waals surface area contributed by atoms with Gasteiger partial charge in [-0.2, -0.15) is 4.31 Å². The molecule has 1 heterocycles. The smallest absolute Gasteiger partial charge is 0.244 e. The van der Waals surface area contributed by atoms with Crippen LogP contribution in [0.3, 0.4) is 0 Å². The van der Waals surface area contributed by atoms with E-state index in [0.29, 0.717) is 26.3 Å². The molecule has 1 aromatic carbocycles. The third kappa shape index (κ3) is 2.81. The Labute approximate surface area is 116 Å². The lowest BCUT2D eigenvalue weighted by atomic mass is 10.2. The summed E-state index contributed by atoms with van der Waals surface area (Å²) in [6, 6.07) is 4.81. The number of hydrogen-bond donors (Lipinski definition) is 0. The standard InChI is InChI=1S/C11H13Cl2NO3S/c12-8-9-1-2-10(13)11(7-9)18(15,16)14-3-5-17-6-4-14/h1-2,7H,3-6,8H2. The first-order chi connectivity index (χ1) is 8.55. The summed E-state index contributed by atoms with van der Waals surface area (Å²) in [5.74, 6) is 0.253. The fourth-order valence-corrected chi connectivity index (χ4v) is 3.85. The minimum Gasteiger partial charge on any atom is -0.379 e. The number of hydrogen-bond acceptors (Lipinski definition) is 3. The molecule has 1 saturated heterocycles. The minimum atomic E-state index is -3.56. The van der Waals surface area contributed by atoms with Crippen molar-refractivity contribution in [2.24, 2.45) is 0 Å². The van der Waals surface area contributed by atoms with Crippen molar-refractivity contribution in [3.05, 3.63) is 28.8 Å². The average molecular weight is 310 g/mol. The summed E-state index contributed by atoms with van der Waals surface area (Å²) in [5.41, 5.74) is 0.730. The summed E-state index contributed by atoms with van der Waals surface area (Å²) in [5, 5.41) is 0.218. The van der Waals surface area contributed by atoms with Crippen molar-refractivity contribution in [1.82, 2.24) is 4.31 Å². The fraction of sp³-hybridized carbons (Fsp3) is 0.455. The SMILES string of the molecule is O=S(=O)(c1cc(CCl)ccc1Cl)N1CCOCC1. The second-order valence-electron chi connectivity index (χ2n) is 3.91. The van der Waals surface area contributed by atoms with Gasteiger partial charge in [0, 0.05) is 19.0 Å². The van der Waals surface area contributed by atoms with Gasteiger partial charge in [0.15, 0.2) is 0 Å². The maximum absolute atomic E-state index is 12.4. The van der Waals surface area contributed by atoms with E-state index >= 15 is 0 Å². The Balaban J connectivity index is 2.39. The summed E-state index contributed by atoms with van der Waals surface area (Å²) >= 11 is 11.7.